The lowest BCUT2D eigenvalue weighted by atomic mass is 9.81. The van der Waals surface area contributed by atoms with Crippen LogP contribution in [-0.2, 0) is 14.2 Å². The molecule has 2 fully saturated rings. The highest BCUT2D eigenvalue weighted by Gasteiger charge is 2.50. The molecule has 2 aliphatic rings. The topological polar surface area (TPSA) is 158 Å². The van der Waals surface area contributed by atoms with Gasteiger partial charge in [0.25, 0.3) is 0 Å². The Kier molecular flexibility index (Phi) is 6.94. The van der Waals surface area contributed by atoms with Crippen molar-refractivity contribution in [2.45, 2.75) is 80.7 Å². The van der Waals surface area contributed by atoms with E-state index >= 15 is 0 Å². The standard InChI is InChI=1S/C15H32N4O5/c1-6(16)8-5-4-7(17)15(23-8)24-13-9(18)11(20)14(22-3)10(19-2)12(13)21/h6-15,19-21H,4-5,16-18H2,1-3H3/t6-,7-,8-,9-,10-,11-,12-,13-,14+,15-/m0/s1. The van der Waals surface area contributed by atoms with Gasteiger partial charge in [-0.1, -0.05) is 0 Å². The molecule has 1 aliphatic carbocycles. The minimum Gasteiger partial charge on any atom is -0.389 e. The van der Waals surface area contributed by atoms with Gasteiger partial charge in [0, 0.05) is 13.2 Å². The van der Waals surface area contributed by atoms with Crippen molar-refractivity contribution in [2.24, 2.45) is 17.2 Å². The Morgan fingerprint density at radius 2 is 1.83 bits per heavy atom. The van der Waals surface area contributed by atoms with E-state index in [1.807, 2.05) is 6.92 Å². The average Bonchev–Trinajstić information content (AvgIpc) is 2.55. The summed E-state index contributed by atoms with van der Waals surface area (Å²) in [6.45, 7) is 1.86. The van der Waals surface area contributed by atoms with E-state index in [0.29, 0.717) is 6.42 Å². The summed E-state index contributed by atoms with van der Waals surface area (Å²) in [6.07, 6.45) is -2.90. The third kappa shape index (κ3) is 3.90. The van der Waals surface area contributed by atoms with Gasteiger partial charge in [-0.25, -0.2) is 0 Å². The number of aliphatic hydroxyl groups is 2. The first-order valence-corrected chi connectivity index (χ1v) is 8.45. The van der Waals surface area contributed by atoms with Crippen LogP contribution in [0.2, 0.25) is 0 Å². The maximum atomic E-state index is 10.6. The van der Waals surface area contributed by atoms with Gasteiger partial charge in [-0.2, -0.15) is 0 Å². The number of nitrogens with two attached hydrogens (primary N) is 3. The van der Waals surface area contributed by atoms with E-state index in [0.717, 1.165) is 6.42 Å². The molecule has 0 radical (unpaired) electrons. The van der Waals surface area contributed by atoms with Gasteiger partial charge in [-0.15, -0.1) is 0 Å². The molecule has 1 heterocycles. The van der Waals surface area contributed by atoms with Crippen LogP contribution in [-0.4, -0.2) is 85.3 Å². The molecular weight excluding hydrogens is 316 g/mol. The highest BCUT2D eigenvalue weighted by atomic mass is 16.7. The summed E-state index contributed by atoms with van der Waals surface area (Å²) in [7, 11) is 3.14. The Morgan fingerprint density at radius 1 is 1.17 bits per heavy atom. The molecule has 0 spiro atoms. The fourth-order valence-corrected chi connectivity index (χ4v) is 3.55. The van der Waals surface area contributed by atoms with Crippen LogP contribution in [0.25, 0.3) is 0 Å². The molecule has 0 amide bonds. The van der Waals surface area contributed by atoms with Crippen molar-refractivity contribution in [2.75, 3.05) is 14.2 Å². The van der Waals surface area contributed by atoms with Gasteiger partial charge in [0.05, 0.1) is 36.4 Å². The van der Waals surface area contributed by atoms with Crippen LogP contribution >= 0.6 is 0 Å². The van der Waals surface area contributed by atoms with Crippen LogP contribution in [0.15, 0.2) is 0 Å². The van der Waals surface area contributed by atoms with Crippen molar-refractivity contribution in [3.8, 4) is 0 Å². The second-order valence-corrected chi connectivity index (χ2v) is 6.82. The second kappa shape index (κ2) is 8.35. The van der Waals surface area contributed by atoms with Gasteiger partial charge in [0.15, 0.2) is 6.29 Å². The molecular formula is C15H32N4O5. The summed E-state index contributed by atoms with van der Waals surface area (Å²) in [5.41, 5.74) is 18.1. The zero-order valence-electron chi connectivity index (χ0n) is 14.5. The molecule has 0 aromatic carbocycles. The zero-order chi connectivity index (χ0) is 18.0. The number of aliphatic hydroxyl groups excluding tert-OH is 2. The van der Waals surface area contributed by atoms with E-state index in [2.05, 4.69) is 5.32 Å². The summed E-state index contributed by atoms with van der Waals surface area (Å²) in [4.78, 5) is 0. The Morgan fingerprint density at radius 3 is 2.38 bits per heavy atom. The van der Waals surface area contributed by atoms with Gasteiger partial charge in [-0.05, 0) is 26.8 Å². The van der Waals surface area contributed by atoms with Crippen molar-refractivity contribution < 1.29 is 24.4 Å². The maximum Gasteiger partial charge on any atom is 0.173 e. The molecule has 1 aliphatic heterocycles. The summed E-state index contributed by atoms with van der Waals surface area (Å²) in [5.74, 6) is 0. The van der Waals surface area contributed by atoms with E-state index < -0.39 is 42.8 Å². The summed E-state index contributed by atoms with van der Waals surface area (Å²) >= 11 is 0. The van der Waals surface area contributed by atoms with Gasteiger partial charge in [0.1, 0.15) is 12.2 Å². The molecule has 24 heavy (non-hydrogen) atoms. The van der Waals surface area contributed by atoms with Gasteiger partial charge in [0.2, 0.25) is 0 Å². The predicted molar refractivity (Wildman–Crippen MR) is 88.0 cm³/mol. The first-order chi connectivity index (χ1) is 11.3. The molecule has 9 heteroatoms. The highest BCUT2D eigenvalue weighted by Crippen LogP contribution is 2.28. The van der Waals surface area contributed by atoms with E-state index in [-0.39, 0.29) is 18.2 Å². The first kappa shape index (κ1) is 20.0. The van der Waals surface area contributed by atoms with Crippen molar-refractivity contribution in [1.82, 2.24) is 5.32 Å². The minimum absolute atomic E-state index is 0.151. The van der Waals surface area contributed by atoms with Gasteiger partial charge >= 0.3 is 0 Å². The number of likely N-dealkylation sites (N-methyl/N-ethyl adjacent to an activating group) is 1. The van der Waals surface area contributed by atoms with Crippen LogP contribution in [0.5, 0.6) is 0 Å². The summed E-state index contributed by atoms with van der Waals surface area (Å²) < 4.78 is 17.0. The van der Waals surface area contributed by atoms with E-state index in [9.17, 15) is 10.2 Å². The molecule has 2 rings (SSSR count). The molecule has 0 aromatic rings. The molecule has 1 saturated carbocycles. The fourth-order valence-electron chi connectivity index (χ4n) is 3.55. The van der Waals surface area contributed by atoms with E-state index in [4.69, 9.17) is 31.4 Å². The Hall–Kier alpha value is -0.360. The largest absolute Gasteiger partial charge is 0.389 e. The molecule has 1 saturated heterocycles. The van der Waals surface area contributed by atoms with Crippen molar-refractivity contribution in [3.63, 3.8) is 0 Å². The number of ether oxygens (including phenoxy) is 3. The van der Waals surface area contributed by atoms with Crippen LogP contribution < -0.4 is 22.5 Å². The Labute approximate surface area is 142 Å². The minimum atomic E-state index is -0.995. The van der Waals surface area contributed by atoms with Crippen LogP contribution in [0, 0.1) is 0 Å². The Balaban J connectivity index is 2.11. The quantitative estimate of drug-likeness (QED) is 0.309. The third-order valence-electron chi connectivity index (χ3n) is 5.10. The lowest BCUT2D eigenvalue weighted by Gasteiger charge is -2.47. The SMILES string of the molecule is CN[C@H]1[C@H](O)[C@@H](O[C@@H]2O[C@H]([C@H](C)N)CC[C@@H]2N)[C@@H](N)[C@H](O)[C@@H]1OC. The van der Waals surface area contributed by atoms with Crippen molar-refractivity contribution >= 4 is 0 Å². The van der Waals surface area contributed by atoms with Crippen LogP contribution in [0.3, 0.4) is 0 Å². The van der Waals surface area contributed by atoms with Crippen LogP contribution in [0.1, 0.15) is 19.8 Å². The monoisotopic (exact) mass is 348 g/mol. The first-order valence-electron chi connectivity index (χ1n) is 8.45. The van der Waals surface area contributed by atoms with Crippen molar-refractivity contribution in [1.29, 1.82) is 0 Å². The number of hydrogen-bond donors (Lipinski definition) is 6. The molecule has 0 aromatic heterocycles. The number of rotatable bonds is 5. The third-order valence-corrected chi connectivity index (χ3v) is 5.10. The second-order valence-electron chi connectivity index (χ2n) is 6.82. The normalized spacial score (nSPS) is 48.2. The fraction of sp³-hybridized carbons (Fsp3) is 1.00. The molecule has 9 N–H and O–H groups in total. The van der Waals surface area contributed by atoms with Crippen LogP contribution in [0.4, 0.5) is 0 Å². The average molecular weight is 348 g/mol. The molecule has 0 unspecified atom stereocenters. The van der Waals surface area contributed by atoms with E-state index in [1.165, 1.54) is 7.11 Å². The summed E-state index contributed by atoms with van der Waals surface area (Å²) in [5, 5.41) is 24.0. The zero-order valence-corrected chi connectivity index (χ0v) is 14.5. The van der Waals surface area contributed by atoms with Gasteiger partial charge in [-0.3, -0.25) is 0 Å². The lowest BCUT2D eigenvalue weighted by Crippen LogP contribution is -2.71. The number of nitrogens with one attached hydrogen (secondary N) is 1. The molecule has 9 nitrogen and oxygen atoms in total. The predicted octanol–water partition coefficient (Wildman–Crippen LogP) is -2.78. The summed E-state index contributed by atoms with van der Waals surface area (Å²) in [6, 6.07) is -1.85. The smallest absolute Gasteiger partial charge is 0.173 e. The molecule has 142 valence electrons. The maximum absolute atomic E-state index is 10.6. The Bertz CT molecular complexity index is 402. The van der Waals surface area contributed by atoms with Crippen molar-refractivity contribution in [3.05, 3.63) is 0 Å². The number of methoxy groups -OCH3 is 1. The van der Waals surface area contributed by atoms with E-state index in [1.54, 1.807) is 7.05 Å². The highest BCUT2D eigenvalue weighted by molar-refractivity contribution is 5.05. The molecule has 10 atom stereocenters. The number of hydrogen-bond acceptors (Lipinski definition) is 9. The lowest BCUT2D eigenvalue weighted by molar-refractivity contribution is -0.262. The van der Waals surface area contributed by atoms with Gasteiger partial charge < -0.3 is 46.9 Å². The molecule has 0 bridgehead atoms.